The maximum atomic E-state index is 10.9. The molecule has 0 aliphatic rings. The van der Waals surface area contributed by atoms with Crippen molar-refractivity contribution in [2.75, 3.05) is 11.8 Å². The SMILES string of the molecule is O=S(=O)([O-])c1cc(CCCl)cc(CCCl)c1.[K+]. The van der Waals surface area contributed by atoms with E-state index in [1.807, 2.05) is 6.07 Å². The fourth-order valence-electron chi connectivity index (χ4n) is 1.38. The molecular formula is C10H11Cl2KO3S. The molecule has 0 heterocycles. The first-order chi connectivity index (χ1) is 7.47. The first kappa shape index (κ1) is 18.3. The van der Waals surface area contributed by atoms with Gasteiger partial charge in [-0.3, -0.25) is 0 Å². The maximum Gasteiger partial charge on any atom is 1.00 e. The number of alkyl halides is 2. The van der Waals surface area contributed by atoms with Gasteiger partial charge in [-0.25, -0.2) is 8.42 Å². The number of benzene rings is 1. The average Bonchev–Trinajstić information content (AvgIpc) is 2.17. The van der Waals surface area contributed by atoms with Gasteiger partial charge in [-0.1, -0.05) is 6.07 Å². The second-order valence-corrected chi connectivity index (χ2v) is 5.45. The molecule has 7 heteroatoms. The molecule has 0 spiro atoms. The second-order valence-electron chi connectivity index (χ2n) is 3.32. The van der Waals surface area contributed by atoms with E-state index in [0.717, 1.165) is 11.1 Å². The Morgan fingerprint density at radius 3 is 1.71 bits per heavy atom. The molecule has 1 rings (SSSR count). The summed E-state index contributed by atoms with van der Waals surface area (Å²) in [6.07, 6.45) is 1.06. The van der Waals surface area contributed by atoms with Gasteiger partial charge >= 0.3 is 51.4 Å². The molecule has 0 aliphatic carbocycles. The summed E-state index contributed by atoms with van der Waals surface area (Å²) in [5.74, 6) is 0.755. The average molecular weight is 321 g/mol. The Morgan fingerprint density at radius 1 is 1.00 bits per heavy atom. The Hall–Kier alpha value is 1.35. The van der Waals surface area contributed by atoms with E-state index in [4.69, 9.17) is 23.2 Å². The van der Waals surface area contributed by atoms with E-state index in [2.05, 4.69) is 0 Å². The number of halogens is 2. The van der Waals surface area contributed by atoms with Crippen LogP contribution in [0.1, 0.15) is 11.1 Å². The second kappa shape index (κ2) is 8.50. The van der Waals surface area contributed by atoms with Crippen LogP contribution < -0.4 is 51.4 Å². The number of aryl methyl sites for hydroxylation is 2. The molecule has 0 aliphatic heterocycles. The summed E-state index contributed by atoms with van der Waals surface area (Å²) in [6, 6.07) is 4.55. The fourth-order valence-corrected chi connectivity index (χ4v) is 2.41. The zero-order valence-corrected chi connectivity index (χ0v) is 14.9. The Balaban J connectivity index is 0.00000256. The summed E-state index contributed by atoms with van der Waals surface area (Å²) in [7, 11) is -4.42. The van der Waals surface area contributed by atoms with Gasteiger partial charge in [0.15, 0.2) is 0 Å². The van der Waals surface area contributed by atoms with Crippen molar-refractivity contribution in [1.29, 1.82) is 0 Å². The summed E-state index contributed by atoms with van der Waals surface area (Å²) < 4.78 is 32.8. The van der Waals surface area contributed by atoms with Gasteiger partial charge in [-0.2, -0.15) is 0 Å². The first-order valence-electron chi connectivity index (χ1n) is 4.68. The van der Waals surface area contributed by atoms with Crippen molar-refractivity contribution in [3.05, 3.63) is 29.3 Å². The quantitative estimate of drug-likeness (QED) is 0.404. The van der Waals surface area contributed by atoms with Crippen LogP contribution in [0, 0.1) is 0 Å². The van der Waals surface area contributed by atoms with Crippen molar-refractivity contribution in [2.24, 2.45) is 0 Å². The van der Waals surface area contributed by atoms with Crippen LogP contribution in [0.5, 0.6) is 0 Å². The summed E-state index contributed by atoms with van der Waals surface area (Å²) in [4.78, 5) is -0.213. The molecule has 0 amide bonds. The number of hydrogen-bond donors (Lipinski definition) is 0. The van der Waals surface area contributed by atoms with E-state index in [9.17, 15) is 13.0 Å². The van der Waals surface area contributed by atoms with Gasteiger partial charge in [0.25, 0.3) is 0 Å². The van der Waals surface area contributed by atoms with Crippen LogP contribution in [0.4, 0.5) is 0 Å². The molecule has 0 bridgehead atoms. The minimum Gasteiger partial charge on any atom is -0.744 e. The molecular weight excluding hydrogens is 310 g/mol. The van der Waals surface area contributed by atoms with E-state index in [-0.39, 0.29) is 56.3 Å². The van der Waals surface area contributed by atoms with Gasteiger partial charge in [-0.05, 0) is 36.1 Å². The first-order valence-corrected chi connectivity index (χ1v) is 7.16. The summed E-state index contributed by atoms with van der Waals surface area (Å²) in [5, 5.41) is 0. The third kappa shape index (κ3) is 6.36. The standard InChI is InChI=1S/C10H12Cl2O3S.K/c11-3-1-8-5-9(2-4-12)7-10(6-8)16(13,14)15;/h5-7H,1-4H2,(H,13,14,15);/q;+1/p-1. The predicted molar refractivity (Wildman–Crippen MR) is 63.3 cm³/mol. The van der Waals surface area contributed by atoms with Crippen molar-refractivity contribution in [3.8, 4) is 0 Å². The molecule has 0 fully saturated rings. The number of rotatable bonds is 5. The Morgan fingerprint density at radius 2 is 1.41 bits per heavy atom. The van der Waals surface area contributed by atoms with Gasteiger partial charge in [0, 0.05) is 11.8 Å². The molecule has 0 saturated heterocycles. The van der Waals surface area contributed by atoms with Crippen molar-refractivity contribution in [3.63, 3.8) is 0 Å². The van der Waals surface area contributed by atoms with E-state index < -0.39 is 10.1 Å². The zero-order valence-electron chi connectivity index (χ0n) is 9.45. The van der Waals surface area contributed by atoms with Crippen LogP contribution in [-0.2, 0) is 23.0 Å². The van der Waals surface area contributed by atoms with E-state index in [1.165, 1.54) is 12.1 Å². The largest absolute Gasteiger partial charge is 1.00 e. The van der Waals surface area contributed by atoms with Crippen molar-refractivity contribution in [1.82, 2.24) is 0 Å². The van der Waals surface area contributed by atoms with Gasteiger partial charge < -0.3 is 4.55 Å². The Labute approximate surface area is 154 Å². The Kier molecular flexibility index (Phi) is 9.18. The summed E-state index contributed by atoms with van der Waals surface area (Å²) >= 11 is 11.2. The van der Waals surface area contributed by atoms with Crippen LogP contribution in [-0.4, -0.2) is 24.7 Å². The molecule has 90 valence electrons. The monoisotopic (exact) mass is 320 g/mol. The molecule has 0 N–H and O–H groups in total. The van der Waals surface area contributed by atoms with Crippen LogP contribution in [0.25, 0.3) is 0 Å². The van der Waals surface area contributed by atoms with E-state index in [1.54, 1.807) is 0 Å². The van der Waals surface area contributed by atoms with Gasteiger partial charge in [0.1, 0.15) is 10.1 Å². The molecule has 0 unspecified atom stereocenters. The zero-order chi connectivity index (χ0) is 12.2. The third-order valence-corrected chi connectivity index (χ3v) is 3.27. The molecule has 1 aromatic carbocycles. The molecule has 0 atom stereocenters. The van der Waals surface area contributed by atoms with Gasteiger partial charge in [-0.15, -0.1) is 23.2 Å². The molecule has 17 heavy (non-hydrogen) atoms. The van der Waals surface area contributed by atoms with Crippen LogP contribution in [0.15, 0.2) is 23.1 Å². The number of hydrogen-bond acceptors (Lipinski definition) is 3. The fraction of sp³-hybridized carbons (Fsp3) is 0.400. The molecule has 0 saturated carbocycles. The minimum atomic E-state index is -4.42. The summed E-state index contributed by atoms with van der Waals surface area (Å²) in [6.45, 7) is 0. The third-order valence-electron chi connectivity index (χ3n) is 2.08. The molecule has 0 radical (unpaired) electrons. The smallest absolute Gasteiger partial charge is 0.744 e. The van der Waals surface area contributed by atoms with Crippen molar-refractivity contribution < 1.29 is 64.4 Å². The normalized spacial score (nSPS) is 11.0. The van der Waals surface area contributed by atoms with Crippen LogP contribution in [0.2, 0.25) is 0 Å². The minimum absolute atomic E-state index is 0. The Bertz CT molecular complexity index is 438. The van der Waals surface area contributed by atoms with E-state index >= 15 is 0 Å². The predicted octanol–water partition coefficient (Wildman–Crippen LogP) is -0.843. The maximum absolute atomic E-state index is 10.9. The molecule has 1 aromatic rings. The van der Waals surface area contributed by atoms with Crippen LogP contribution in [0.3, 0.4) is 0 Å². The van der Waals surface area contributed by atoms with E-state index in [0.29, 0.717) is 24.6 Å². The van der Waals surface area contributed by atoms with Gasteiger partial charge in [0.2, 0.25) is 0 Å². The van der Waals surface area contributed by atoms with Crippen molar-refractivity contribution in [2.45, 2.75) is 17.7 Å². The topological polar surface area (TPSA) is 57.2 Å². The molecule has 3 nitrogen and oxygen atoms in total. The van der Waals surface area contributed by atoms with Crippen LogP contribution >= 0.6 is 23.2 Å². The summed E-state index contributed by atoms with van der Waals surface area (Å²) in [5.41, 5.74) is 1.49. The van der Waals surface area contributed by atoms with Gasteiger partial charge in [0.05, 0.1) is 4.90 Å². The van der Waals surface area contributed by atoms with Crippen molar-refractivity contribution >= 4 is 33.3 Å². The molecule has 0 aromatic heterocycles.